The summed E-state index contributed by atoms with van der Waals surface area (Å²) >= 11 is 0. The van der Waals surface area contributed by atoms with E-state index in [1.807, 2.05) is 0 Å². The van der Waals surface area contributed by atoms with Crippen molar-refractivity contribution in [2.45, 2.75) is 12.8 Å². The van der Waals surface area contributed by atoms with Crippen LogP contribution in [-0.4, -0.2) is 27.6 Å². The van der Waals surface area contributed by atoms with Crippen LogP contribution in [0.1, 0.15) is 22.6 Å². The van der Waals surface area contributed by atoms with E-state index in [9.17, 15) is 9.18 Å². The lowest BCUT2D eigenvalue weighted by molar-refractivity contribution is 0.0949. The minimum atomic E-state index is -0.509. The predicted octanol–water partition coefficient (Wildman–Crippen LogP) is 1.31. The largest absolute Gasteiger partial charge is 0.352 e. The highest BCUT2D eigenvalue weighted by Gasteiger charge is 2.09. The van der Waals surface area contributed by atoms with Gasteiger partial charge in [-0.3, -0.25) is 9.89 Å². The molecule has 2 aromatic rings. The number of benzene rings is 1. The lowest BCUT2D eigenvalue weighted by atomic mass is 10.2. The van der Waals surface area contributed by atoms with Gasteiger partial charge < -0.3 is 5.32 Å². The molecule has 0 aliphatic carbocycles. The van der Waals surface area contributed by atoms with Crippen LogP contribution in [0.4, 0.5) is 4.39 Å². The number of aromatic nitrogens is 3. The fourth-order valence-electron chi connectivity index (χ4n) is 1.55. The summed E-state index contributed by atoms with van der Waals surface area (Å²) in [6.45, 7) is 0.466. The molecule has 0 atom stereocenters. The molecule has 0 spiro atoms. The van der Waals surface area contributed by atoms with E-state index in [0.717, 1.165) is 12.2 Å². The van der Waals surface area contributed by atoms with Crippen molar-refractivity contribution in [3.63, 3.8) is 0 Å². The summed E-state index contributed by atoms with van der Waals surface area (Å²) in [6, 6.07) is 5.91. The maximum absolute atomic E-state index is 13.3. The van der Waals surface area contributed by atoms with E-state index in [-0.39, 0.29) is 5.56 Å². The quantitative estimate of drug-likeness (QED) is 0.784. The lowest BCUT2D eigenvalue weighted by Crippen LogP contribution is -2.25. The van der Waals surface area contributed by atoms with Crippen LogP contribution in [0, 0.1) is 5.82 Å². The number of carbonyl (C=O) groups excluding carboxylic acids is 1. The fourth-order valence-corrected chi connectivity index (χ4v) is 1.55. The van der Waals surface area contributed by atoms with Crippen molar-refractivity contribution in [2.75, 3.05) is 6.54 Å². The molecule has 0 radical (unpaired) electrons. The number of rotatable bonds is 5. The summed E-state index contributed by atoms with van der Waals surface area (Å²) in [5.41, 5.74) is 0.0668. The second-order valence-electron chi connectivity index (χ2n) is 3.77. The Balaban J connectivity index is 1.77. The Kier molecular flexibility index (Phi) is 4.01. The minimum Gasteiger partial charge on any atom is -0.352 e. The third-order valence-corrected chi connectivity index (χ3v) is 2.46. The van der Waals surface area contributed by atoms with Crippen LogP contribution in [0.2, 0.25) is 0 Å². The maximum Gasteiger partial charge on any atom is 0.254 e. The predicted molar refractivity (Wildman–Crippen MR) is 63.4 cm³/mol. The molecule has 6 heteroatoms. The third-order valence-electron chi connectivity index (χ3n) is 2.46. The second kappa shape index (κ2) is 5.90. The van der Waals surface area contributed by atoms with Gasteiger partial charge in [0, 0.05) is 13.0 Å². The summed E-state index contributed by atoms with van der Waals surface area (Å²) in [5, 5.41) is 9.12. The molecule has 0 fully saturated rings. The first kappa shape index (κ1) is 12.2. The summed E-state index contributed by atoms with van der Waals surface area (Å²) in [5.74, 6) is -0.133. The van der Waals surface area contributed by atoms with Crippen molar-refractivity contribution in [3.8, 4) is 0 Å². The van der Waals surface area contributed by atoms with Gasteiger partial charge in [-0.05, 0) is 18.6 Å². The summed E-state index contributed by atoms with van der Waals surface area (Å²) in [6.07, 6.45) is 2.85. The number of nitrogens with one attached hydrogen (secondary N) is 2. The molecule has 1 amide bonds. The van der Waals surface area contributed by atoms with Crippen molar-refractivity contribution in [1.82, 2.24) is 20.5 Å². The van der Waals surface area contributed by atoms with Gasteiger partial charge in [0.1, 0.15) is 18.0 Å². The van der Waals surface area contributed by atoms with Crippen LogP contribution >= 0.6 is 0 Å². The first-order chi connectivity index (χ1) is 8.77. The Labute approximate surface area is 103 Å². The molecule has 0 unspecified atom stereocenters. The van der Waals surface area contributed by atoms with Gasteiger partial charge in [0.15, 0.2) is 0 Å². The number of aryl methyl sites for hydroxylation is 1. The number of aromatic amines is 1. The molecule has 1 heterocycles. The Hall–Kier alpha value is -2.24. The molecule has 1 aromatic carbocycles. The number of halogens is 1. The Morgan fingerprint density at radius 2 is 2.22 bits per heavy atom. The van der Waals surface area contributed by atoms with Crippen LogP contribution < -0.4 is 5.32 Å². The van der Waals surface area contributed by atoms with Crippen molar-refractivity contribution < 1.29 is 9.18 Å². The van der Waals surface area contributed by atoms with Gasteiger partial charge in [-0.25, -0.2) is 9.37 Å². The van der Waals surface area contributed by atoms with Gasteiger partial charge in [0.05, 0.1) is 5.56 Å². The molecule has 0 bridgehead atoms. The molecule has 1 aromatic heterocycles. The Morgan fingerprint density at radius 1 is 1.39 bits per heavy atom. The Bertz CT molecular complexity index is 513. The van der Waals surface area contributed by atoms with E-state index in [4.69, 9.17) is 0 Å². The van der Waals surface area contributed by atoms with Gasteiger partial charge in [-0.2, -0.15) is 5.10 Å². The minimum absolute atomic E-state index is 0.0668. The number of H-pyrrole nitrogens is 1. The average Bonchev–Trinajstić information content (AvgIpc) is 2.88. The van der Waals surface area contributed by atoms with E-state index in [1.54, 1.807) is 12.1 Å². The van der Waals surface area contributed by atoms with Gasteiger partial charge in [-0.1, -0.05) is 12.1 Å². The highest BCUT2D eigenvalue weighted by atomic mass is 19.1. The molecule has 2 N–H and O–H groups in total. The molecule has 0 aliphatic rings. The highest BCUT2D eigenvalue weighted by molar-refractivity contribution is 5.94. The number of nitrogens with zero attached hydrogens (tertiary/aromatic N) is 2. The van der Waals surface area contributed by atoms with Gasteiger partial charge >= 0.3 is 0 Å². The van der Waals surface area contributed by atoms with Crippen molar-refractivity contribution in [3.05, 3.63) is 47.8 Å². The van der Waals surface area contributed by atoms with Gasteiger partial charge in [-0.15, -0.1) is 0 Å². The fraction of sp³-hybridized carbons (Fsp3) is 0.250. The zero-order valence-electron chi connectivity index (χ0n) is 9.69. The number of hydrogen-bond acceptors (Lipinski definition) is 3. The first-order valence-electron chi connectivity index (χ1n) is 5.64. The second-order valence-corrected chi connectivity index (χ2v) is 3.77. The van der Waals surface area contributed by atoms with E-state index >= 15 is 0 Å². The molecule has 5 nitrogen and oxygen atoms in total. The van der Waals surface area contributed by atoms with Crippen LogP contribution in [0.3, 0.4) is 0 Å². The van der Waals surface area contributed by atoms with Crippen LogP contribution in [0.5, 0.6) is 0 Å². The number of amides is 1. The summed E-state index contributed by atoms with van der Waals surface area (Å²) < 4.78 is 13.3. The summed E-state index contributed by atoms with van der Waals surface area (Å²) in [7, 11) is 0. The number of hydrogen-bond donors (Lipinski definition) is 2. The third kappa shape index (κ3) is 3.13. The maximum atomic E-state index is 13.3. The molecular formula is C12H13FN4O. The highest BCUT2D eigenvalue weighted by Crippen LogP contribution is 2.05. The average molecular weight is 248 g/mol. The standard InChI is InChI=1S/C12H13FN4O/c13-10-5-2-1-4-9(10)12(18)14-7-3-6-11-15-8-16-17-11/h1-2,4-5,8H,3,6-7H2,(H,14,18)(H,15,16,17). The molecule has 0 aliphatic heterocycles. The van der Waals surface area contributed by atoms with Crippen LogP contribution in [0.25, 0.3) is 0 Å². The van der Waals surface area contributed by atoms with Gasteiger partial charge in [0.2, 0.25) is 0 Å². The molecule has 94 valence electrons. The SMILES string of the molecule is O=C(NCCCc1ncn[nH]1)c1ccccc1F. The smallest absolute Gasteiger partial charge is 0.254 e. The van der Waals surface area contributed by atoms with Crippen molar-refractivity contribution in [1.29, 1.82) is 0 Å². The first-order valence-corrected chi connectivity index (χ1v) is 5.64. The van der Waals surface area contributed by atoms with Crippen LogP contribution in [0.15, 0.2) is 30.6 Å². The van der Waals surface area contributed by atoms with E-state index in [1.165, 1.54) is 18.5 Å². The molecule has 0 saturated heterocycles. The Morgan fingerprint density at radius 3 is 2.94 bits per heavy atom. The summed E-state index contributed by atoms with van der Waals surface area (Å²) in [4.78, 5) is 15.6. The monoisotopic (exact) mass is 248 g/mol. The van der Waals surface area contributed by atoms with Crippen LogP contribution in [-0.2, 0) is 6.42 Å². The molecular weight excluding hydrogens is 235 g/mol. The van der Waals surface area contributed by atoms with E-state index < -0.39 is 11.7 Å². The van der Waals surface area contributed by atoms with E-state index in [0.29, 0.717) is 13.0 Å². The molecule has 18 heavy (non-hydrogen) atoms. The molecule has 0 saturated carbocycles. The van der Waals surface area contributed by atoms with Crippen molar-refractivity contribution >= 4 is 5.91 Å². The van der Waals surface area contributed by atoms with Gasteiger partial charge in [0.25, 0.3) is 5.91 Å². The van der Waals surface area contributed by atoms with Crippen molar-refractivity contribution in [2.24, 2.45) is 0 Å². The lowest BCUT2D eigenvalue weighted by Gasteiger charge is -2.05. The topological polar surface area (TPSA) is 70.7 Å². The normalized spacial score (nSPS) is 10.3. The molecule has 2 rings (SSSR count). The number of carbonyl (C=O) groups is 1. The zero-order chi connectivity index (χ0) is 12.8. The zero-order valence-corrected chi connectivity index (χ0v) is 9.69. The van der Waals surface area contributed by atoms with E-state index in [2.05, 4.69) is 20.5 Å².